The van der Waals surface area contributed by atoms with Gasteiger partial charge in [-0.25, -0.2) is 0 Å². The van der Waals surface area contributed by atoms with Crippen LogP contribution < -0.4 is 4.74 Å². The Hall–Kier alpha value is -2.19. The van der Waals surface area contributed by atoms with Gasteiger partial charge in [-0.15, -0.1) is 0 Å². The van der Waals surface area contributed by atoms with Crippen LogP contribution in [0, 0.1) is 6.92 Å². The third-order valence-corrected chi connectivity index (χ3v) is 3.76. The zero-order chi connectivity index (χ0) is 14.8. The van der Waals surface area contributed by atoms with Crippen molar-refractivity contribution in [2.45, 2.75) is 6.92 Å². The minimum Gasteiger partial charge on any atom is -0.495 e. The molecule has 2 nitrogen and oxygen atoms in total. The van der Waals surface area contributed by atoms with E-state index in [2.05, 4.69) is 35.8 Å². The minimum atomic E-state index is 0.693. The summed E-state index contributed by atoms with van der Waals surface area (Å²) in [6.07, 6.45) is 0. The second-order valence-electron chi connectivity index (χ2n) is 4.88. The number of aryl methyl sites for hydroxylation is 1. The van der Waals surface area contributed by atoms with Crippen LogP contribution in [0.5, 0.6) is 5.75 Å². The van der Waals surface area contributed by atoms with E-state index in [0.29, 0.717) is 5.02 Å². The Bertz CT molecular complexity index is 762. The van der Waals surface area contributed by atoms with Crippen LogP contribution in [0.3, 0.4) is 0 Å². The average molecular weight is 298 g/mol. The van der Waals surface area contributed by atoms with Crippen molar-refractivity contribution in [2.75, 3.05) is 7.11 Å². The van der Waals surface area contributed by atoms with Gasteiger partial charge in [0.2, 0.25) is 0 Å². The maximum atomic E-state index is 6.17. The summed E-state index contributed by atoms with van der Waals surface area (Å²) in [5, 5.41) is 0.693. The predicted octanol–water partition coefficient (Wildman–Crippen LogP) is 5.11. The van der Waals surface area contributed by atoms with Gasteiger partial charge in [-0.2, -0.15) is 0 Å². The van der Waals surface area contributed by atoms with Crippen molar-refractivity contribution >= 4 is 11.6 Å². The highest BCUT2D eigenvalue weighted by Gasteiger charge is 2.13. The molecule has 0 radical (unpaired) electrons. The molecule has 0 amide bonds. The normalized spacial score (nSPS) is 10.6. The lowest BCUT2D eigenvalue weighted by atomic mass is 10.1. The van der Waals surface area contributed by atoms with Crippen LogP contribution in [0.2, 0.25) is 5.02 Å². The Balaban J connectivity index is 2.24. The molecule has 0 bridgehead atoms. The molecule has 3 aromatic rings. The van der Waals surface area contributed by atoms with Crippen molar-refractivity contribution in [1.82, 2.24) is 4.57 Å². The number of halogens is 1. The lowest BCUT2D eigenvalue weighted by Crippen LogP contribution is -2.01. The largest absolute Gasteiger partial charge is 0.495 e. The van der Waals surface area contributed by atoms with Gasteiger partial charge >= 0.3 is 0 Å². The molecule has 0 fully saturated rings. The molecule has 0 unspecified atom stereocenters. The van der Waals surface area contributed by atoms with Gasteiger partial charge in [0.05, 0.1) is 18.5 Å². The van der Waals surface area contributed by atoms with Gasteiger partial charge in [-0.1, -0.05) is 41.9 Å². The first-order chi connectivity index (χ1) is 10.2. The predicted molar refractivity (Wildman–Crippen MR) is 87.5 cm³/mol. The summed E-state index contributed by atoms with van der Waals surface area (Å²) < 4.78 is 7.66. The number of methoxy groups -OCH3 is 1. The molecule has 0 saturated carbocycles. The zero-order valence-corrected chi connectivity index (χ0v) is 12.8. The standard InChI is InChI=1S/C18H16ClNO/c1-13-8-10-16(14-6-4-3-5-7-14)20(13)17-12-15(19)9-11-18(17)21-2/h3-12H,1-2H3. The maximum Gasteiger partial charge on any atom is 0.142 e. The van der Waals surface area contributed by atoms with Gasteiger partial charge in [0.25, 0.3) is 0 Å². The maximum absolute atomic E-state index is 6.17. The van der Waals surface area contributed by atoms with Gasteiger partial charge in [0.1, 0.15) is 5.75 Å². The van der Waals surface area contributed by atoms with Crippen LogP contribution in [0.4, 0.5) is 0 Å². The summed E-state index contributed by atoms with van der Waals surface area (Å²) in [4.78, 5) is 0. The van der Waals surface area contributed by atoms with Crippen molar-refractivity contribution in [2.24, 2.45) is 0 Å². The molecule has 0 aliphatic heterocycles. The highest BCUT2D eigenvalue weighted by atomic mass is 35.5. The second-order valence-corrected chi connectivity index (χ2v) is 5.31. The number of hydrogen-bond donors (Lipinski definition) is 0. The van der Waals surface area contributed by atoms with Crippen LogP contribution in [0.1, 0.15) is 5.69 Å². The van der Waals surface area contributed by atoms with Crippen LogP contribution in [-0.2, 0) is 0 Å². The molecule has 0 saturated heterocycles. The molecule has 0 N–H and O–H groups in total. The molecule has 3 rings (SSSR count). The summed E-state index contributed by atoms with van der Waals surface area (Å²) in [5.74, 6) is 0.802. The Morgan fingerprint density at radius 2 is 1.71 bits per heavy atom. The Morgan fingerprint density at radius 1 is 0.952 bits per heavy atom. The molecular weight excluding hydrogens is 282 g/mol. The van der Waals surface area contributed by atoms with E-state index in [1.165, 1.54) is 0 Å². The fraction of sp³-hybridized carbons (Fsp3) is 0.111. The summed E-state index contributed by atoms with van der Waals surface area (Å²) in [7, 11) is 1.67. The summed E-state index contributed by atoms with van der Waals surface area (Å²) in [6, 6.07) is 20.2. The summed E-state index contributed by atoms with van der Waals surface area (Å²) in [6.45, 7) is 2.08. The lowest BCUT2D eigenvalue weighted by molar-refractivity contribution is 0.413. The van der Waals surface area contributed by atoms with Gasteiger partial charge in [0.15, 0.2) is 0 Å². The number of aromatic nitrogens is 1. The van der Waals surface area contributed by atoms with Crippen LogP contribution in [-0.4, -0.2) is 11.7 Å². The van der Waals surface area contributed by atoms with E-state index in [9.17, 15) is 0 Å². The van der Waals surface area contributed by atoms with Crippen LogP contribution in [0.15, 0.2) is 60.7 Å². The number of benzene rings is 2. The molecule has 3 heteroatoms. The molecule has 0 spiro atoms. The zero-order valence-electron chi connectivity index (χ0n) is 12.0. The van der Waals surface area contributed by atoms with E-state index in [0.717, 1.165) is 28.4 Å². The van der Waals surface area contributed by atoms with Gasteiger partial charge < -0.3 is 9.30 Å². The van der Waals surface area contributed by atoms with Crippen molar-refractivity contribution < 1.29 is 4.74 Å². The molecule has 0 aliphatic carbocycles. The number of ether oxygens (including phenoxy) is 1. The van der Waals surface area contributed by atoms with Crippen molar-refractivity contribution in [3.05, 3.63) is 71.4 Å². The molecule has 1 aromatic heterocycles. The van der Waals surface area contributed by atoms with Crippen LogP contribution in [0.25, 0.3) is 16.9 Å². The topological polar surface area (TPSA) is 14.2 Å². The van der Waals surface area contributed by atoms with Gasteiger partial charge in [-0.05, 0) is 42.8 Å². The molecular formula is C18H16ClNO. The number of nitrogens with zero attached hydrogens (tertiary/aromatic N) is 1. The molecule has 0 atom stereocenters. The third kappa shape index (κ3) is 2.55. The first-order valence-corrected chi connectivity index (χ1v) is 7.16. The fourth-order valence-electron chi connectivity index (χ4n) is 2.53. The second kappa shape index (κ2) is 5.66. The number of hydrogen-bond acceptors (Lipinski definition) is 1. The Kier molecular flexibility index (Phi) is 3.72. The first-order valence-electron chi connectivity index (χ1n) is 6.78. The average Bonchev–Trinajstić information content (AvgIpc) is 2.89. The fourth-order valence-corrected chi connectivity index (χ4v) is 2.70. The SMILES string of the molecule is COc1ccc(Cl)cc1-n1c(C)ccc1-c1ccccc1. The van der Waals surface area contributed by atoms with Crippen molar-refractivity contribution in [3.63, 3.8) is 0 Å². The van der Waals surface area contributed by atoms with E-state index in [1.807, 2.05) is 36.4 Å². The van der Waals surface area contributed by atoms with E-state index in [1.54, 1.807) is 7.11 Å². The van der Waals surface area contributed by atoms with E-state index in [-0.39, 0.29) is 0 Å². The molecule has 21 heavy (non-hydrogen) atoms. The first kappa shape index (κ1) is 13.8. The lowest BCUT2D eigenvalue weighted by Gasteiger charge is -2.16. The highest BCUT2D eigenvalue weighted by molar-refractivity contribution is 6.30. The summed E-state index contributed by atoms with van der Waals surface area (Å²) in [5.41, 5.74) is 4.36. The van der Waals surface area contributed by atoms with E-state index < -0.39 is 0 Å². The van der Waals surface area contributed by atoms with Crippen LogP contribution >= 0.6 is 11.6 Å². The van der Waals surface area contributed by atoms with E-state index in [4.69, 9.17) is 16.3 Å². The summed E-state index contributed by atoms with van der Waals surface area (Å²) >= 11 is 6.17. The smallest absolute Gasteiger partial charge is 0.142 e. The van der Waals surface area contributed by atoms with Crippen molar-refractivity contribution in [1.29, 1.82) is 0 Å². The molecule has 1 heterocycles. The highest BCUT2D eigenvalue weighted by Crippen LogP contribution is 2.33. The quantitative estimate of drug-likeness (QED) is 0.655. The number of rotatable bonds is 3. The third-order valence-electron chi connectivity index (χ3n) is 3.53. The van der Waals surface area contributed by atoms with Gasteiger partial charge in [-0.3, -0.25) is 0 Å². The molecule has 2 aromatic carbocycles. The molecule has 106 valence electrons. The van der Waals surface area contributed by atoms with Gasteiger partial charge in [0, 0.05) is 10.7 Å². The Labute approximate surface area is 129 Å². The van der Waals surface area contributed by atoms with E-state index >= 15 is 0 Å². The molecule has 0 aliphatic rings. The minimum absolute atomic E-state index is 0.693. The van der Waals surface area contributed by atoms with Crippen molar-refractivity contribution in [3.8, 4) is 22.7 Å². The monoisotopic (exact) mass is 297 g/mol. The Morgan fingerprint density at radius 3 is 2.43 bits per heavy atom.